The van der Waals surface area contributed by atoms with E-state index < -0.39 is 11.5 Å². The van der Waals surface area contributed by atoms with Crippen molar-refractivity contribution < 1.29 is 23.8 Å². The first-order valence-electron chi connectivity index (χ1n) is 5.52. The van der Waals surface area contributed by atoms with Gasteiger partial charge in [-0.1, -0.05) is 0 Å². The molecule has 0 fully saturated rings. The van der Waals surface area contributed by atoms with Gasteiger partial charge in [0.05, 0.1) is 19.1 Å². The first kappa shape index (κ1) is 14.2. The van der Waals surface area contributed by atoms with E-state index >= 15 is 0 Å². The van der Waals surface area contributed by atoms with Crippen molar-refractivity contribution in [3.63, 3.8) is 0 Å². The molecule has 0 aliphatic carbocycles. The normalized spacial score (nSPS) is 13.9. The number of amides is 1. The molecule has 1 aromatic heterocycles. The highest BCUT2D eigenvalue weighted by atomic mass is 16.5. The van der Waals surface area contributed by atoms with Gasteiger partial charge in [0.25, 0.3) is 0 Å². The number of aliphatic carboxylic acids is 1. The third-order valence-electron chi connectivity index (χ3n) is 2.54. The Morgan fingerprint density at radius 3 is 2.78 bits per heavy atom. The highest BCUT2D eigenvalue weighted by molar-refractivity contribution is 5.86. The second-order valence-corrected chi connectivity index (χ2v) is 4.25. The van der Waals surface area contributed by atoms with E-state index in [0.29, 0.717) is 6.42 Å². The van der Waals surface area contributed by atoms with Crippen LogP contribution in [0, 0.1) is 0 Å². The van der Waals surface area contributed by atoms with Gasteiger partial charge in [-0.15, -0.1) is 0 Å². The standard InChI is InChI=1S/C12H17NO5/c1-12(8-17-2,11(15)16)13-10(14)4-3-9-5-6-18-7-9/h5-7H,3-4,8H2,1-2H3,(H,13,14)(H,15,16). The van der Waals surface area contributed by atoms with Crippen molar-refractivity contribution in [3.05, 3.63) is 24.2 Å². The maximum atomic E-state index is 11.7. The fourth-order valence-corrected chi connectivity index (χ4v) is 1.50. The van der Waals surface area contributed by atoms with Gasteiger partial charge in [0.1, 0.15) is 0 Å². The molecular weight excluding hydrogens is 238 g/mol. The number of methoxy groups -OCH3 is 1. The number of ether oxygens (including phenoxy) is 1. The molecule has 1 aromatic rings. The highest BCUT2D eigenvalue weighted by Gasteiger charge is 2.34. The Balaban J connectivity index is 2.49. The molecule has 0 aliphatic rings. The van der Waals surface area contributed by atoms with E-state index in [-0.39, 0.29) is 18.9 Å². The number of furan rings is 1. The van der Waals surface area contributed by atoms with Gasteiger partial charge in [-0.05, 0) is 25.0 Å². The van der Waals surface area contributed by atoms with Crippen LogP contribution in [0.1, 0.15) is 18.9 Å². The number of carbonyl (C=O) groups excluding carboxylic acids is 1. The SMILES string of the molecule is COCC(C)(NC(=O)CCc1ccoc1)C(=O)O. The first-order chi connectivity index (χ1) is 8.48. The molecule has 0 bridgehead atoms. The summed E-state index contributed by atoms with van der Waals surface area (Å²) in [7, 11) is 1.39. The number of carboxylic acid groups (broad SMARTS) is 1. The molecule has 6 nitrogen and oxygen atoms in total. The summed E-state index contributed by atoms with van der Waals surface area (Å²) in [4.78, 5) is 22.7. The van der Waals surface area contributed by atoms with Crippen LogP contribution in [0.3, 0.4) is 0 Å². The quantitative estimate of drug-likeness (QED) is 0.753. The minimum Gasteiger partial charge on any atom is -0.479 e. The van der Waals surface area contributed by atoms with E-state index in [0.717, 1.165) is 5.56 Å². The van der Waals surface area contributed by atoms with Gasteiger partial charge in [-0.25, -0.2) is 4.79 Å². The van der Waals surface area contributed by atoms with Gasteiger partial charge in [-0.3, -0.25) is 4.79 Å². The van der Waals surface area contributed by atoms with Crippen LogP contribution in [0.4, 0.5) is 0 Å². The topological polar surface area (TPSA) is 88.8 Å². The van der Waals surface area contributed by atoms with Crippen LogP contribution in [-0.4, -0.2) is 36.2 Å². The number of rotatable bonds is 7. The van der Waals surface area contributed by atoms with Crippen molar-refractivity contribution in [2.75, 3.05) is 13.7 Å². The second kappa shape index (κ2) is 6.20. The molecule has 2 N–H and O–H groups in total. The van der Waals surface area contributed by atoms with Crippen LogP contribution in [0.25, 0.3) is 0 Å². The summed E-state index contributed by atoms with van der Waals surface area (Å²) < 4.78 is 9.69. The zero-order valence-corrected chi connectivity index (χ0v) is 10.4. The van der Waals surface area contributed by atoms with Gasteiger partial charge < -0.3 is 19.6 Å². The molecule has 1 heterocycles. The molecule has 0 aromatic carbocycles. The molecule has 0 radical (unpaired) electrons. The number of hydrogen-bond donors (Lipinski definition) is 2. The molecule has 0 spiro atoms. The fourth-order valence-electron chi connectivity index (χ4n) is 1.50. The van der Waals surface area contributed by atoms with Crippen LogP contribution in [0.2, 0.25) is 0 Å². The average Bonchev–Trinajstić information content (AvgIpc) is 2.79. The van der Waals surface area contributed by atoms with Crippen molar-refractivity contribution in [3.8, 4) is 0 Å². The minimum absolute atomic E-state index is 0.0835. The third-order valence-corrected chi connectivity index (χ3v) is 2.54. The predicted molar refractivity (Wildman–Crippen MR) is 63.1 cm³/mol. The van der Waals surface area contributed by atoms with E-state index in [4.69, 9.17) is 14.3 Å². The Kier molecular flexibility index (Phi) is 4.91. The van der Waals surface area contributed by atoms with Gasteiger partial charge in [0, 0.05) is 13.5 Å². The van der Waals surface area contributed by atoms with Crippen LogP contribution in [0.5, 0.6) is 0 Å². The minimum atomic E-state index is -1.40. The summed E-state index contributed by atoms with van der Waals surface area (Å²) in [5.41, 5.74) is -0.503. The van der Waals surface area contributed by atoms with E-state index in [1.54, 1.807) is 12.3 Å². The molecule has 0 saturated carbocycles. The molecule has 1 amide bonds. The molecule has 0 saturated heterocycles. The monoisotopic (exact) mass is 255 g/mol. The van der Waals surface area contributed by atoms with Gasteiger partial charge in [0.2, 0.25) is 5.91 Å². The smallest absolute Gasteiger partial charge is 0.331 e. The maximum Gasteiger partial charge on any atom is 0.331 e. The van der Waals surface area contributed by atoms with Crippen molar-refractivity contribution >= 4 is 11.9 Å². The Morgan fingerprint density at radius 2 is 2.28 bits per heavy atom. The summed E-state index contributed by atoms with van der Waals surface area (Å²) >= 11 is 0. The van der Waals surface area contributed by atoms with E-state index in [9.17, 15) is 9.59 Å². The third kappa shape index (κ3) is 3.89. The summed E-state index contributed by atoms with van der Waals surface area (Å²) in [6, 6.07) is 1.76. The van der Waals surface area contributed by atoms with Crippen molar-refractivity contribution in [2.45, 2.75) is 25.3 Å². The van der Waals surface area contributed by atoms with Gasteiger partial charge >= 0.3 is 5.97 Å². The van der Waals surface area contributed by atoms with Crippen LogP contribution in [0.15, 0.2) is 23.0 Å². The van der Waals surface area contributed by atoms with E-state index in [1.807, 2.05) is 0 Å². The lowest BCUT2D eigenvalue weighted by molar-refractivity contribution is -0.149. The first-order valence-corrected chi connectivity index (χ1v) is 5.52. The molecular formula is C12H17NO5. The summed E-state index contributed by atoms with van der Waals surface area (Å²) in [6.07, 6.45) is 3.79. The van der Waals surface area contributed by atoms with E-state index in [2.05, 4.69) is 5.32 Å². The lowest BCUT2D eigenvalue weighted by Crippen LogP contribution is -2.55. The zero-order chi connectivity index (χ0) is 13.6. The second-order valence-electron chi connectivity index (χ2n) is 4.25. The number of nitrogens with one attached hydrogen (secondary N) is 1. The van der Waals surface area contributed by atoms with E-state index in [1.165, 1.54) is 20.3 Å². The fraction of sp³-hybridized carbons (Fsp3) is 0.500. The highest BCUT2D eigenvalue weighted by Crippen LogP contribution is 2.07. The molecule has 1 unspecified atom stereocenters. The number of aryl methyl sites for hydroxylation is 1. The lowest BCUT2D eigenvalue weighted by atomic mass is 10.0. The van der Waals surface area contributed by atoms with Crippen molar-refractivity contribution in [1.82, 2.24) is 5.32 Å². The number of hydrogen-bond acceptors (Lipinski definition) is 4. The molecule has 100 valence electrons. The molecule has 1 atom stereocenters. The van der Waals surface area contributed by atoms with Crippen molar-refractivity contribution in [2.24, 2.45) is 0 Å². The van der Waals surface area contributed by atoms with Crippen molar-refractivity contribution in [1.29, 1.82) is 0 Å². The Hall–Kier alpha value is -1.82. The molecule has 6 heteroatoms. The molecule has 18 heavy (non-hydrogen) atoms. The molecule has 0 aliphatic heterocycles. The van der Waals surface area contributed by atoms with Crippen LogP contribution >= 0.6 is 0 Å². The van der Waals surface area contributed by atoms with Gasteiger partial charge in [-0.2, -0.15) is 0 Å². The van der Waals surface area contributed by atoms with Crippen LogP contribution < -0.4 is 5.32 Å². The predicted octanol–water partition coefficient (Wildman–Crippen LogP) is 0.818. The molecule has 1 rings (SSSR count). The van der Waals surface area contributed by atoms with Crippen LogP contribution in [-0.2, 0) is 20.7 Å². The largest absolute Gasteiger partial charge is 0.479 e. The summed E-state index contributed by atoms with van der Waals surface area (Å²) in [6.45, 7) is 1.33. The summed E-state index contributed by atoms with van der Waals surface area (Å²) in [5, 5.41) is 11.5. The Labute approximate surface area is 105 Å². The Morgan fingerprint density at radius 1 is 1.56 bits per heavy atom. The average molecular weight is 255 g/mol. The number of carboxylic acids is 1. The van der Waals surface area contributed by atoms with Gasteiger partial charge in [0.15, 0.2) is 5.54 Å². The number of carbonyl (C=O) groups is 2. The maximum absolute atomic E-state index is 11.7. The lowest BCUT2D eigenvalue weighted by Gasteiger charge is -2.25. The Bertz CT molecular complexity index is 401. The zero-order valence-electron chi connectivity index (χ0n) is 10.4. The summed E-state index contributed by atoms with van der Waals surface area (Å²) in [5.74, 6) is -1.46.